The Labute approximate surface area is 565 Å². The molecule has 528 valence electrons. The number of phosphoric acid groups is 1. The van der Waals surface area contributed by atoms with Gasteiger partial charge in [-0.3, -0.25) is 13.8 Å². The molecule has 0 aromatic carbocycles. The molecule has 0 heterocycles. The fourth-order valence-corrected chi connectivity index (χ4v) is 12.0. The van der Waals surface area contributed by atoms with E-state index < -0.39 is 20.0 Å². The molecule has 8 nitrogen and oxygen atoms in total. The lowest BCUT2D eigenvalue weighted by Crippen LogP contribution is -2.45. The first-order valence-electron chi connectivity index (χ1n) is 38.8. The van der Waals surface area contributed by atoms with E-state index in [4.69, 9.17) is 9.05 Å². The molecule has 1 amide bonds. The zero-order valence-electron chi connectivity index (χ0n) is 60.6. The molecule has 0 aliphatic carbocycles. The van der Waals surface area contributed by atoms with Gasteiger partial charge in [-0.15, -0.1) is 0 Å². The third-order valence-electron chi connectivity index (χ3n) is 17.2. The molecule has 3 unspecified atom stereocenters. The summed E-state index contributed by atoms with van der Waals surface area (Å²) in [7, 11) is 1.56. The van der Waals surface area contributed by atoms with E-state index in [0.29, 0.717) is 17.4 Å². The zero-order chi connectivity index (χ0) is 66.2. The standard InChI is InChI=1S/C82H149N2O6P/c1-6-8-10-12-14-16-18-20-22-24-26-28-30-32-34-36-38-39-40-41-42-43-44-45-46-48-50-52-54-56-58-60-62-64-66-68-70-72-74-76-82(86)83-80(79-90-91(87,88)89-78-77-84(3,4)5)81(85)75-73-71-69-67-65-63-61-59-57-55-53-51-49-47-37-35-33-31-29-27-25-23-21-19-17-15-13-11-9-7-2/h8,10,14,16,20,22,26,28,32,34,38-39,41-42,65,67,73,75,80-81,85H,6-7,9,11-13,15,17-19,21,23-25,27,29-31,33,35-37,40,43-64,66,68-72,74,76-79H2,1-5H3,(H-,83,86,87,88)/p+1/b10-8-,16-14-,22-20-,28-26-,34-32-,39-38-,42-41-,67-65+,75-73+. The summed E-state index contributed by atoms with van der Waals surface area (Å²) >= 11 is 0. The average molecular weight is 1290 g/mol. The number of unbranched alkanes of at least 4 members (excludes halogenated alkanes) is 42. The number of aliphatic hydroxyl groups excluding tert-OH is 1. The van der Waals surface area contributed by atoms with Crippen LogP contribution in [0, 0.1) is 0 Å². The van der Waals surface area contributed by atoms with Crippen molar-refractivity contribution in [3.8, 4) is 0 Å². The van der Waals surface area contributed by atoms with Crippen LogP contribution in [-0.4, -0.2) is 73.4 Å². The van der Waals surface area contributed by atoms with E-state index in [9.17, 15) is 19.4 Å². The molecule has 3 N–H and O–H groups in total. The topological polar surface area (TPSA) is 105 Å². The summed E-state index contributed by atoms with van der Waals surface area (Å²) in [6, 6.07) is -0.870. The fourth-order valence-electron chi connectivity index (χ4n) is 11.3. The summed E-state index contributed by atoms with van der Waals surface area (Å²) in [6.45, 7) is 4.72. The van der Waals surface area contributed by atoms with Crippen LogP contribution >= 0.6 is 7.82 Å². The summed E-state index contributed by atoms with van der Waals surface area (Å²) in [5.41, 5.74) is 0. The van der Waals surface area contributed by atoms with Crippen molar-refractivity contribution in [1.29, 1.82) is 0 Å². The molecule has 3 atom stereocenters. The van der Waals surface area contributed by atoms with Crippen molar-refractivity contribution >= 4 is 13.7 Å². The number of allylic oxidation sites excluding steroid dienone is 17. The number of phosphoric ester groups is 1. The molecule has 0 aliphatic heterocycles. The minimum atomic E-state index is -4.37. The monoisotopic (exact) mass is 1290 g/mol. The van der Waals surface area contributed by atoms with Crippen LogP contribution in [0.15, 0.2) is 109 Å². The van der Waals surface area contributed by atoms with Crippen LogP contribution in [0.3, 0.4) is 0 Å². The van der Waals surface area contributed by atoms with Crippen molar-refractivity contribution < 1.29 is 32.9 Å². The van der Waals surface area contributed by atoms with Gasteiger partial charge >= 0.3 is 7.82 Å². The Kier molecular flexibility index (Phi) is 69.2. The second kappa shape index (κ2) is 71.5. The number of aliphatic hydroxyl groups is 1. The Balaban J connectivity index is 4.04. The lowest BCUT2D eigenvalue weighted by atomic mass is 10.0. The van der Waals surface area contributed by atoms with Crippen LogP contribution in [0.4, 0.5) is 0 Å². The summed E-state index contributed by atoms with van der Waals surface area (Å²) < 4.78 is 23.8. The molecule has 91 heavy (non-hydrogen) atoms. The number of nitrogens with zero attached hydrogens (tertiary/aromatic N) is 1. The molecule has 0 aliphatic rings. The van der Waals surface area contributed by atoms with Crippen LogP contribution in [0.2, 0.25) is 0 Å². The number of likely N-dealkylation sites (N-methyl/N-ethyl adjacent to an activating group) is 1. The number of carbonyl (C=O) groups excluding carboxylic acids is 1. The maximum Gasteiger partial charge on any atom is 0.472 e. The third kappa shape index (κ3) is 74.4. The number of hydrogen-bond donors (Lipinski definition) is 3. The highest BCUT2D eigenvalue weighted by molar-refractivity contribution is 7.47. The minimum absolute atomic E-state index is 0.0539. The van der Waals surface area contributed by atoms with Gasteiger partial charge in [-0.25, -0.2) is 4.57 Å². The van der Waals surface area contributed by atoms with Crippen molar-refractivity contribution in [2.45, 2.75) is 366 Å². The van der Waals surface area contributed by atoms with Gasteiger partial charge in [0, 0.05) is 6.42 Å². The van der Waals surface area contributed by atoms with E-state index in [1.807, 2.05) is 27.2 Å². The van der Waals surface area contributed by atoms with Gasteiger partial charge in [-0.05, 0) is 89.9 Å². The van der Waals surface area contributed by atoms with Gasteiger partial charge in [-0.1, -0.05) is 367 Å². The van der Waals surface area contributed by atoms with E-state index in [1.54, 1.807) is 6.08 Å². The van der Waals surface area contributed by atoms with Crippen molar-refractivity contribution in [1.82, 2.24) is 5.32 Å². The van der Waals surface area contributed by atoms with Crippen LogP contribution in [0.1, 0.15) is 354 Å². The molecule has 9 heteroatoms. The molecular formula is C82H150N2O6P+. The Bertz CT molecular complexity index is 1860. The second-order valence-corrected chi connectivity index (χ2v) is 28.8. The predicted octanol–water partition coefficient (Wildman–Crippen LogP) is 25.4. The Morgan fingerprint density at radius 3 is 1.01 bits per heavy atom. The highest BCUT2D eigenvalue weighted by Gasteiger charge is 2.28. The average Bonchev–Trinajstić information content (AvgIpc) is 3.58. The molecule has 0 spiro atoms. The van der Waals surface area contributed by atoms with Gasteiger partial charge in [0.05, 0.1) is 39.9 Å². The molecule has 0 saturated heterocycles. The van der Waals surface area contributed by atoms with E-state index in [0.717, 1.165) is 83.5 Å². The lowest BCUT2D eigenvalue weighted by molar-refractivity contribution is -0.870. The maximum atomic E-state index is 13.1. The number of rotatable bonds is 71. The number of quaternary nitrogens is 1. The smallest absolute Gasteiger partial charge is 0.387 e. The highest BCUT2D eigenvalue weighted by Crippen LogP contribution is 2.43. The summed E-state index contributed by atoms with van der Waals surface area (Å²) in [5.74, 6) is -0.184. The van der Waals surface area contributed by atoms with Gasteiger partial charge in [0.1, 0.15) is 13.2 Å². The van der Waals surface area contributed by atoms with Gasteiger partial charge in [0.2, 0.25) is 5.91 Å². The minimum Gasteiger partial charge on any atom is -0.387 e. The first kappa shape index (κ1) is 88.2. The second-order valence-electron chi connectivity index (χ2n) is 27.3. The molecule has 0 aromatic heterocycles. The SMILES string of the molecule is CC/C=C\C/C=C\C/C=C\C/C=C\C/C=C\C/C=C\C/C=C\CCCCCCCCCCCCCCCCCCCC(=O)NC(COP(=O)(O)OCC[N+](C)(C)C)C(O)/C=C/CC/C=C/CCCCCCCCCCCCCCCCCCCCCCCCCC. The molecule has 0 fully saturated rings. The van der Waals surface area contributed by atoms with Gasteiger partial charge in [0.15, 0.2) is 0 Å². The molecule has 0 aromatic rings. The Morgan fingerprint density at radius 2 is 0.670 bits per heavy atom. The quantitative estimate of drug-likeness (QED) is 0.0243. The van der Waals surface area contributed by atoms with Crippen LogP contribution in [-0.2, 0) is 18.4 Å². The van der Waals surface area contributed by atoms with Gasteiger partial charge in [0.25, 0.3) is 0 Å². The van der Waals surface area contributed by atoms with Crippen molar-refractivity contribution in [2.75, 3.05) is 40.9 Å². The van der Waals surface area contributed by atoms with E-state index in [2.05, 4.69) is 116 Å². The zero-order valence-corrected chi connectivity index (χ0v) is 61.5. The largest absolute Gasteiger partial charge is 0.472 e. The highest BCUT2D eigenvalue weighted by atomic mass is 31.2. The van der Waals surface area contributed by atoms with Crippen molar-refractivity contribution in [3.05, 3.63) is 109 Å². The number of amides is 1. The summed E-state index contributed by atoms with van der Waals surface area (Å²) in [5, 5.41) is 14.0. The number of carbonyl (C=O) groups is 1. The first-order chi connectivity index (χ1) is 44.5. The fraction of sp³-hybridized carbons (Fsp3) is 0.768. The van der Waals surface area contributed by atoms with Gasteiger partial charge in [-0.2, -0.15) is 0 Å². The lowest BCUT2D eigenvalue weighted by Gasteiger charge is -2.25. The van der Waals surface area contributed by atoms with E-state index >= 15 is 0 Å². The Hall–Kier alpha value is -2.84. The number of hydrogen-bond acceptors (Lipinski definition) is 5. The summed E-state index contributed by atoms with van der Waals surface area (Å²) in [4.78, 5) is 23.5. The van der Waals surface area contributed by atoms with E-state index in [-0.39, 0.29) is 19.1 Å². The summed E-state index contributed by atoms with van der Waals surface area (Å²) in [6.07, 6.45) is 106. The van der Waals surface area contributed by atoms with Crippen molar-refractivity contribution in [3.63, 3.8) is 0 Å². The molecule has 0 saturated carbocycles. The molecule has 0 bridgehead atoms. The third-order valence-corrected chi connectivity index (χ3v) is 18.2. The van der Waals surface area contributed by atoms with Crippen LogP contribution < -0.4 is 5.32 Å². The molecule has 0 radical (unpaired) electrons. The van der Waals surface area contributed by atoms with Crippen LogP contribution in [0.5, 0.6) is 0 Å². The van der Waals surface area contributed by atoms with E-state index in [1.165, 1.54) is 250 Å². The van der Waals surface area contributed by atoms with Crippen molar-refractivity contribution in [2.24, 2.45) is 0 Å². The molecular weight excluding hydrogens is 1140 g/mol. The number of nitrogens with one attached hydrogen (secondary N) is 1. The first-order valence-corrected chi connectivity index (χ1v) is 40.3. The predicted molar refractivity (Wildman–Crippen MR) is 401 cm³/mol. The van der Waals surface area contributed by atoms with Crippen LogP contribution in [0.25, 0.3) is 0 Å². The molecule has 0 rings (SSSR count). The normalized spacial score (nSPS) is 14.1. The Morgan fingerprint density at radius 1 is 0.385 bits per heavy atom. The van der Waals surface area contributed by atoms with Gasteiger partial charge < -0.3 is 19.8 Å². The maximum absolute atomic E-state index is 13.1.